The Morgan fingerprint density at radius 3 is 2.55 bits per heavy atom. The molecule has 0 aliphatic heterocycles. The van der Waals surface area contributed by atoms with E-state index in [2.05, 4.69) is 29.1 Å². The average molecular weight is 437 g/mol. The van der Waals surface area contributed by atoms with Gasteiger partial charge in [0.15, 0.2) is 5.96 Å². The lowest BCUT2D eigenvalue weighted by molar-refractivity contribution is 0.465. The second kappa shape index (κ2) is 12.9. The minimum atomic E-state index is -0.976. The number of unbranched alkanes of at least 4 members (excludes halogenated alkanes) is 1. The average Bonchev–Trinajstić information content (AvgIpc) is 2.52. The van der Waals surface area contributed by atoms with E-state index in [0.29, 0.717) is 12.3 Å². The van der Waals surface area contributed by atoms with Crippen molar-refractivity contribution in [1.82, 2.24) is 10.2 Å². The molecule has 22 heavy (non-hydrogen) atoms. The predicted molar refractivity (Wildman–Crippen MR) is 107 cm³/mol. The monoisotopic (exact) mass is 437 g/mol. The molecule has 0 saturated carbocycles. The van der Waals surface area contributed by atoms with Gasteiger partial charge in [-0.05, 0) is 25.5 Å². The van der Waals surface area contributed by atoms with E-state index in [1.807, 2.05) is 37.4 Å². The molecule has 0 radical (unpaired) electrons. The van der Waals surface area contributed by atoms with E-state index in [1.165, 1.54) is 6.42 Å². The van der Waals surface area contributed by atoms with Gasteiger partial charge in [0.2, 0.25) is 0 Å². The summed E-state index contributed by atoms with van der Waals surface area (Å²) in [4.78, 5) is 7.58. The van der Waals surface area contributed by atoms with Crippen LogP contribution in [-0.4, -0.2) is 47.5 Å². The fourth-order valence-corrected chi connectivity index (χ4v) is 2.85. The van der Waals surface area contributed by atoms with Gasteiger partial charge >= 0.3 is 0 Å². The number of rotatable bonds is 8. The molecule has 126 valence electrons. The molecule has 0 aliphatic carbocycles. The molecule has 4 nitrogen and oxygen atoms in total. The molecule has 0 aromatic heterocycles. The largest absolute Gasteiger partial charge is 0.357 e. The molecule has 0 aliphatic rings. The number of halogens is 1. The number of aliphatic imine (C=N–C) groups is 1. The quantitative estimate of drug-likeness (QED) is 0.386. The summed E-state index contributed by atoms with van der Waals surface area (Å²) in [6, 6.07) is 9.57. The second-order valence-corrected chi connectivity index (χ2v) is 6.44. The van der Waals surface area contributed by atoms with Gasteiger partial charge in [0.25, 0.3) is 0 Å². The lowest BCUT2D eigenvalue weighted by Crippen LogP contribution is -2.39. The van der Waals surface area contributed by atoms with Crippen molar-refractivity contribution in [2.45, 2.75) is 31.6 Å². The van der Waals surface area contributed by atoms with E-state index in [0.717, 1.165) is 30.4 Å². The molecule has 1 rings (SSSR count). The van der Waals surface area contributed by atoms with E-state index in [4.69, 9.17) is 0 Å². The summed E-state index contributed by atoms with van der Waals surface area (Å²) >= 11 is 0. The van der Waals surface area contributed by atoms with Gasteiger partial charge in [0, 0.05) is 30.8 Å². The van der Waals surface area contributed by atoms with Crippen molar-refractivity contribution >= 4 is 40.7 Å². The predicted octanol–water partition coefficient (Wildman–Crippen LogP) is 3.11. The van der Waals surface area contributed by atoms with Crippen LogP contribution < -0.4 is 5.32 Å². The van der Waals surface area contributed by atoms with Crippen LogP contribution in [0.15, 0.2) is 40.2 Å². The SMILES string of the molecule is CCCCN(C)C(=NCCS(=O)c1ccccc1)NCC.I. The Kier molecular flexibility index (Phi) is 12.5. The lowest BCUT2D eigenvalue weighted by Gasteiger charge is -2.21. The lowest BCUT2D eigenvalue weighted by atomic mass is 10.3. The van der Waals surface area contributed by atoms with E-state index in [1.54, 1.807) is 0 Å². The van der Waals surface area contributed by atoms with Crippen LogP contribution in [0, 0.1) is 0 Å². The van der Waals surface area contributed by atoms with Gasteiger partial charge in [-0.25, -0.2) is 0 Å². The molecule has 0 spiro atoms. The molecule has 1 aromatic rings. The van der Waals surface area contributed by atoms with E-state index >= 15 is 0 Å². The summed E-state index contributed by atoms with van der Waals surface area (Å²) in [7, 11) is 1.07. The zero-order valence-electron chi connectivity index (χ0n) is 13.7. The summed E-state index contributed by atoms with van der Waals surface area (Å²) in [5.41, 5.74) is 0. The van der Waals surface area contributed by atoms with Gasteiger partial charge in [-0.15, -0.1) is 24.0 Å². The Labute approximate surface area is 154 Å². The molecule has 0 saturated heterocycles. The summed E-state index contributed by atoms with van der Waals surface area (Å²) in [6.45, 7) is 6.65. The Balaban J connectivity index is 0.00000441. The second-order valence-electron chi connectivity index (χ2n) is 4.87. The molecule has 0 bridgehead atoms. The zero-order chi connectivity index (χ0) is 15.5. The van der Waals surface area contributed by atoms with Crippen LogP contribution in [0.1, 0.15) is 26.7 Å². The number of guanidine groups is 1. The minimum Gasteiger partial charge on any atom is -0.357 e. The first kappa shape index (κ1) is 21.4. The van der Waals surface area contributed by atoms with Crippen LogP contribution in [0.2, 0.25) is 0 Å². The first-order chi connectivity index (χ1) is 10.2. The molecule has 1 unspecified atom stereocenters. The van der Waals surface area contributed by atoms with Gasteiger partial charge in [-0.3, -0.25) is 9.20 Å². The summed E-state index contributed by atoms with van der Waals surface area (Å²) in [6.07, 6.45) is 2.32. The number of benzene rings is 1. The normalized spacial score (nSPS) is 12.4. The number of hydrogen-bond donors (Lipinski definition) is 1. The van der Waals surface area contributed by atoms with Crippen LogP contribution in [0.25, 0.3) is 0 Å². The Morgan fingerprint density at radius 2 is 1.95 bits per heavy atom. The third kappa shape index (κ3) is 8.12. The molecule has 1 N–H and O–H groups in total. The topological polar surface area (TPSA) is 44.7 Å². The number of nitrogens with zero attached hydrogens (tertiary/aromatic N) is 2. The molecule has 1 aromatic carbocycles. The number of hydrogen-bond acceptors (Lipinski definition) is 2. The fraction of sp³-hybridized carbons (Fsp3) is 0.562. The van der Waals surface area contributed by atoms with Gasteiger partial charge in [-0.1, -0.05) is 31.5 Å². The number of nitrogens with one attached hydrogen (secondary N) is 1. The Bertz CT molecular complexity index is 454. The third-order valence-electron chi connectivity index (χ3n) is 3.09. The minimum absolute atomic E-state index is 0. The van der Waals surface area contributed by atoms with Crippen LogP contribution in [0.4, 0.5) is 0 Å². The summed E-state index contributed by atoms with van der Waals surface area (Å²) < 4.78 is 12.1. The van der Waals surface area contributed by atoms with Crippen molar-refractivity contribution in [3.63, 3.8) is 0 Å². The van der Waals surface area contributed by atoms with Crippen LogP contribution >= 0.6 is 24.0 Å². The summed E-state index contributed by atoms with van der Waals surface area (Å²) in [5.74, 6) is 1.46. The molecular formula is C16H28IN3OS. The smallest absolute Gasteiger partial charge is 0.193 e. The highest BCUT2D eigenvalue weighted by Gasteiger charge is 2.06. The van der Waals surface area contributed by atoms with Crippen LogP contribution in [-0.2, 0) is 10.8 Å². The van der Waals surface area contributed by atoms with Crippen molar-refractivity contribution in [3.8, 4) is 0 Å². The maximum Gasteiger partial charge on any atom is 0.193 e. The first-order valence-corrected chi connectivity index (χ1v) is 8.93. The molecule has 0 heterocycles. The van der Waals surface area contributed by atoms with Crippen molar-refractivity contribution in [3.05, 3.63) is 30.3 Å². The molecular weight excluding hydrogens is 409 g/mol. The summed E-state index contributed by atoms with van der Waals surface area (Å²) in [5, 5.41) is 3.28. The van der Waals surface area contributed by atoms with Gasteiger partial charge in [0.1, 0.15) is 0 Å². The van der Waals surface area contributed by atoms with Crippen molar-refractivity contribution in [2.75, 3.05) is 32.4 Å². The van der Waals surface area contributed by atoms with Crippen LogP contribution in [0.3, 0.4) is 0 Å². The van der Waals surface area contributed by atoms with Crippen molar-refractivity contribution < 1.29 is 4.21 Å². The van der Waals surface area contributed by atoms with E-state index < -0.39 is 10.8 Å². The first-order valence-electron chi connectivity index (χ1n) is 7.61. The maximum atomic E-state index is 12.1. The molecule has 6 heteroatoms. The highest BCUT2D eigenvalue weighted by atomic mass is 127. The zero-order valence-corrected chi connectivity index (χ0v) is 16.9. The highest BCUT2D eigenvalue weighted by molar-refractivity contribution is 14.0. The molecule has 1 atom stereocenters. The van der Waals surface area contributed by atoms with Gasteiger partial charge in [-0.2, -0.15) is 0 Å². The fourth-order valence-electron chi connectivity index (χ4n) is 1.90. The maximum absolute atomic E-state index is 12.1. The third-order valence-corrected chi connectivity index (χ3v) is 4.44. The van der Waals surface area contributed by atoms with E-state index in [9.17, 15) is 4.21 Å². The molecule has 0 fully saturated rings. The van der Waals surface area contributed by atoms with Crippen molar-refractivity contribution in [2.24, 2.45) is 4.99 Å². The van der Waals surface area contributed by atoms with Crippen molar-refractivity contribution in [1.29, 1.82) is 0 Å². The molecule has 0 amide bonds. The van der Waals surface area contributed by atoms with E-state index in [-0.39, 0.29) is 24.0 Å². The Morgan fingerprint density at radius 1 is 1.27 bits per heavy atom. The standard InChI is InChI=1S/C16H27N3OS.HI/c1-4-6-13-19(3)16(17-5-2)18-12-14-21(20)15-10-8-7-9-11-15;/h7-11H,4-6,12-14H2,1-3H3,(H,17,18);1H. The Hall–Kier alpha value is -0.630. The van der Waals surface area contributed by atoms with Gasteiger partial charge < -0.3 is 10.2 Å². The highest BCUT2D eigenvalue weighted by Crippen LogP contribution is 2.05. The van der Waals surface area contributed by atoms with Crippen LogP contribution in [0.5, 0.6) is 0 Å². The van der Waals surface area contributed by atoms with Gasteiger partial charge in [0.05, 0.1) is 17.3 Å².